The van der Waals surface area contributed by atoms with Gasteiger partial charge in [0.05, 0.1) is 11.9 Å². The molecule has 23 heavy (non-hydrogen) atoms. The van der Waals surface area contributed by atoms with Gasteiger partial charge in [0.25, 0.3) is 5.91 Å². The predicted octanol–water partition coefficient (Wildman–Crippen LogP) is 3.85. The first kappa shape index (κ1) is 16.5. The summed E-state index contributed by atoms with van der Waals surface area (Å²) in [5, 5.41) is 5.04. The lowest BCUT2D eigenvalue weighted by Gasteiger charge is -2.38. The number of carbonyl (C=O) groups is 1. The van der Waals surface area contributed by atoms with Gasteiger partial charge in [-0.1, -0.05) is 30.6 Å². The molecule has 0 spiro atoms. The zero-order chi connectivity index (χ0) is 16.6. The third-order valence-electron chi connectivity index (χ3n) is 4.63. The number of amides is 1. The summed E-state index contributed by atoms with van der Waals surface area (Å²) in [6.45, 7) is 7.39. The fourth-order valence-corrected chi connectivity index (χ4v) is 4.16. The van der Waals surface area contributed by atoms with Crippen LogP contribution in [0, 0.1) is 6.92 Å². The summed E-state index contributed by atoms with van der Waals surface area (Å²) in [4.78, 5) is 19.1. The molecular weight excluding hydrogens is 334 g/mol. The molecule has 7 heteroatoms. The number of thiazole rings is 1. The van der Waals surface area contributed by atoms with Crippen molar-refractivity contribution in [2.24, 2.45) is 0 Å². The van der Waals surface area contributed by atoms with Gasteiger partial charge in [-0.05, 0) is 26.2 Å². The van der Waals surface area contributed by atoms with E-state index in [9.17, 15) is 4.79 Å². The van der Waals surface area contributed by atoms with Crippen molar-refractivity contribution in [2.75, 3.05) is 13.1 Å². The second kappa shape index (κ2) is 6.24. The van der Waals surface area contributed by atoms with Crippen molar-refractivity contribution in [2.45, 2.75) is 45.4 Å². The van der Waals surface area contributed by atoms with Crippen molar-refractivity contribution >= 4 is 28.8 Å². The molecule has 3 rings (SSSR count). The first-order valence-electron chi connectivity index (χ1n) is 7.81. The van der Waals surface area contributed by atoms with Gasteiger partial charge in [-0.3, -0.25) is 4.79 Å². The number of rotatable bonds is 3. The summed E-state index contributed by atoms with van der Waals surface area (Å²) in [6.07, 6.45) is 4.17. The fraction of sp³-hybridized carbons (Fsp3) is 0.562. The topological polar surface area (TPSA) is 59.2 Å². The van der Waals surface area contributed by atoms with Crippen LogP contribution in [-0.4, -0.2) is 34.0 Å². The van der Waals surface area contributed by atoms with Gasteiger partial charge in [-0.15, -0.1) is 11.3 Å². The lowest BCUT2D eigenvalue weighted by atomic mass is 9.81. The van der Waals surface area contributed by atoms with E-state index in [-0.39, 0.29) is 11.3 Å². The van der Waals surface area contributed by atoms with Crippen LogP contribution in [-0.2, 0) is 11.8 Å². The van der Waals surface area contributed by atoms with Gasteiger partial charge in [-0.2, -0.15) is 0 Å². The molecule has 1 amide bonds. The Hall–Kier alpha value is -1.40. The number of carbonyl (C=O) groups excluding carboxylic acids is 1. The molecule has 0 N–H and O–H groups in total. The van der Waals surface area contributed by atoms with Crippen LogP contribution in [0.1, 0.15) is 53.5 Å². The number of nitrogens with zero attached hydrogens (tertiary/aromatic N) is 3. The lowest BCUT2D eigenvalue weighted by molar-refractivity contribution is 0.0673. The summed E-state index contributed by atoms with van der Waals surface area (Å²) in [5.41, 5.74) is 1.37. The van der Waals surface area contributed by atoms with E-state index in [4.69, 9.17) is 16.1 Å². The molecule has 1 fully saturated rings. The number of aryl methyl sites for hydroxylation is 2. The standard InChI is InChI=1S/C16H20ClN3O2S/c1-4-11-13(10(2)22-19-11)14(21)20-7-5-16(3,6-8-20)15-18-9-12(17)23-15/h9H,4-8H2,1-3H3. The van der Waals surface area contributed by atoms with E-state index in [0.29, 0.717) is 35.2 Å². The average Bonchev–Trinajstić information content (AvgIpc) is 3.13. The molecule has 1 aliphatic heterocycles. The van der Waals surface area contributed by atoms with E-state index in [2.05, 4.69) is 17.1 Å². The quantitative estimate of drug-likeness (QED) is 0.840. The van der Waals surface area contributed by atoms with E-state index >= 15 is 0 Å². The maximum absolute atomic E-state index is 12.8. The third kappa shape index (κ3) is 3.02. The summed E-state index contributed by atoms with van der Waals surface area (Å²) in [7, 11) is 0. The van der Waals surface area contributed by atoms with Gasteiger partial charge in [0.2, 0.25) is 0 Å². The first-order chi connectivity index (χ1) is 10.9. The highest BCUT2D eigenvalue weighted by Crippen LogP contribution is 2.38. The molecule has 0 aromatic carbocycles. The maximum Gasteiger partial charge on any atom is 0.259 e. The van der Waals surface area contributed by atoms with Crippen LogP contribution in [0.15, 0.2) is 10.7 Å². The zero-order valence-electron chi connectivity index (χ0n) is 13.6. The van der Waals surface area contributed by atoms with Crippen LogP contribution in [0.25, 0.3) is 0 Å². The Balaban J connectivity index is 1.74. The molecule has 0 bridgehead atoms. The van der Waals surface area contributed by atoms with Crippen molar-refractivity contribution in [3.05, 3.63) is 32.6 Å². The number of hydrogen-bond donors (Lipinski definition) is 0. The molecule has 0 aliphatic carbocycles. The van der Waals surface area contributed by atoms with Crippen molar-refractivity contribution in [3.63, 3.8) is 0 Å². The summed E-state index contributed by atoms with van der Waals surface area (Å²) in [6, 6.07) is 0. The molecule has 0 saturated carbocycles. The lowest BCUT2D eigenvalue weighted by Crippen LogP contribution is -2.44. The van der Waals surface area contributed by atoms with E-state index in [0.717, 1.165) is 23.5 Å². The van der Waals surface area contributed by atoms with Crippen LogP contribution in [0.5, 0.6) is 0 Å². The fourth-order valence-electron chi connectivity index (χ4n) is 3.04. The zero-order valence-corrected chi connectivity index (χ0v) is 15.1. The molecule has 0 radical (unpaired) electrons. The van der Waals surface area contributed by atoms with Gasteiger partial charge in [0.15, 0.2) is 0 Å². The largest absolute Gasteiger partial charge is 0.361 e. The van der Waals surface area contributed by atoms with Crippen molar-refractivity contribution in [1.82, 2.24) is 15.0 Å². The van der Waals surface area contributed by atoms with Crippen LogP contribution >= 0.6 is 22.9 Å². The second-order valence-corrected chi connectivity index (χ2v) is 7.90. The number of aromatic nitrogens is 2. The highest BCUT2D eigenvalue weighted by atomic mass is 35.5. The minimum Gasteiger partial charge on any atom is -0.361 e. The first-order valence-corrected chi connectivity index (χ1v) is 9.00. The third-order valence-corrected chi connectivity index (χ3v) is 6.05. The Morgan fingerprint density at radius 2 is 2.17 bits per heavy atom. The number of piperidine rings is 1. The highest BCUT2D eigenvalue weighted by Gasteiger charge is 2.37. The highest BCUT2D eigenvalue weighted by molar-refractivity contribution is 7.15. The predicted molar refractivity (Wildman–Crippen MR) is 90.2 cm³/mol. The van der Waals surface area contributed by atoms with Gasteiger partial charge in [0.1, 0.15) is 20.7 Å². The van der Waals surface area contributed by atoms with Crippen LogP contribution in [0.4, 0.5) is 0 Å². The smallest absolute Gasteiger partial charge is 0.259 e. The number of halogens is 1. The van der Waals surface area contributed by atoms with Gasteiger partial charge < -0.3 is 9.42 Å². The summed E-state index contributed by atoms with van der Waals surface area (Å²) < 4.78 is 5.91. The minimum absolute atomic E-state index is 0.00807. The van der Waals surface area contributed by atoms with Crippen molar-refractivity contribution in [1.29, 1.82) is 0 Å². The summed E-state index contributed by atoms with van der Waals surface area (Å²) >= 11 is 7.55. The Kier molecular flexibility index (Phi) is 4.47. The number of hydrogen-bond acceptors (Lipinski definition) is 5. The molecule has 0 atom stereocenters. The Morgan fingerprint density at radius 3 is 2.74 bits per heavy atom. The van der Waals surface area contributed by atoms with Gasteiger partial charge >= 0.3 is 0 Å². The molecule has 5 nitrogen and oxygen atoms in total. The Bertz CT molecular complexity index is 717. The second-order valence-electron chi connectivity index (χ2n) is 6.24. The van der Waals surface area contributed by atoms with Gasteiger partial charge in [-0.25, -0.2) is 4.98 Å². The SMILES string of the molecule is CCc1noc(C)c1C(=O)N1CCC(C)(c2ncc(Cl)s2)CC1. The Labute approximate surface area is 144 Å². The molecule has 1 saturated heterocycles. The molecule has 3 heterocycles. The van der Waals surface area contributed by atoms with Crippen molar-refractivity contribution in [3.8, 4) is 0 Å². The van der Waals surface area contributed by atoms with E-state index in [1.165, 1.54) is 11.3 Å². The minimum atomic E-state index is -0.00807. The van der Waals surface area contributed by atoms with Crippen molar-refractivity contribution < 1.29 is 9.32 Å². The van der Waals surface area contributed by atoms with E-state index in [1.54, 1.807) is 13.1 Å². The normalized spacial score (nSPS) is 17.5. The molecule has 124 valence electrons. The number of likely N-dealkylation sites (tertiary alicyclic amines) is 1. The molecule has 2 aromatic rings. The average molecular weight is 354 g/mol. The molecule has 2 aromatic heterocycles. The van der Waals surface area contributed by atoms with Gasteiger partial charge in [0, 0.05) is 18.5 Å². The van der Waals surface area contributed by atoms with Crippen LogP contribution in [0.3, 0.4) is 0 Å². The van der Waals surface area contributed by atoms with E-state index < -0.39 is 0 Å². The Morgan fingerprint density at radius 1 is 1.48 bits per heavy atom. The molecular formula is C16H20ClN3O2S. The maximum atomic E-state index is 12.8. The summed E-state index contributed by atoms with van der Waals surface area (Å²) in [5.74, 6) is 0.631. The monoisotopic (exact) mass is 353 g/mol. The van der Waals surface area contributed by atoms with Crippen LogP contribution < -0.4 is 0 Å². The van der Waals surface area contributed by atoms with Crippen LogP contribution in [0.2, 0.25) is 4.34 Å². The molecule has 1 aliphatic rings. The van der Waals surface area contributed by atoms with E-state index in [1.807, 2.05) is 11.8 Å². The molecule has 0 unspecified atom stereocenters.